The number of nitrogens with one attached hydrogen (secondary N) is 1. The van der Waals surface area contributed by atoms with Crippen molar-refractivity contribution in [3.63, 3.8) is 0 Å². The lowest BCUT2D eigenvalue weighted by Gasteiger charge is -2.04. The monoisotopic (exact) mass is 326 g/mol. The van der Waals surface area contributed by atoms with Gasteiger partial charge >= 0.3 is 0 Å². The molecule has 1 heterocycles. The van der Waals surface area contributed by atoms with E-state index in [-0.39, 0.29) is 11.6 Å². The van der Waals surface area contributed by atoms with E-state index in [4.69, 9.17) is 16.1 Å². The SMILES string of the molecule is Cc1cc(Cl)cc(NC(=O)c2cc(-c3cccc(C)c3)on2)c1. The minimum atomic E-state index is -0.339. The van der Waals surface area contributed by atoms with E-state index in [0.29, 0.717) is 16.5 Å². The second-order valence-corrected chi connectivity index (χ2v) is 5.85. The molecule has 3 aromatic rings. The first kappa shape index (κ1) is 15.3. The van der Waals surface area contributed by atoms with E-state index >= 15 is 0 Å². The molecule has 0 aliphatic rings. The Balaban J connectivity index is 1.81. The second kappa shape index (κ2) is 6.26. The summed E-state index contributed by atoms with van der Waals surface area (Å²) in [5.41, 5.74) is 3.81. The average molecular weight is 327 g/mol. The van der Waals surface area contributed by atoms with Gasteiger partial charge in [0.2, 0.25) is 0 Å². The summed E-state index contributed by atoms with van der Waals surface area (Å²) >= 11 is 5.99. The maximum Gasteiger partial charge on any atom is 0.277 e. The summed E-state index contributed by atoms with van der Waals surface area (Å²) in [6, 6.07) is 14.8. The topological polar surface area (TPSA) is 55.1 Å². The minimum absolute atomic E-state index is 0.221. The lowest BCUT2D eigenvalue weighted by atomic mass is 10.1. The lowest BCUT2D eigenvalue weighted by molar-refractivity contribution is 0.101. The number of nitrogens with zero attached hydrogens (tertiary/aromatic N) is 1. The molecule has 1 aromatic heterocycles. The van der Waals surface area contributed by atoms with Crippen molar-refractivity contribution < 1.29 is 9.32 Å². The van der Waals surface area contributed by atoms with Crippen molar-refractivity contribution in [3.8, 4) is 11.3 Å². The number of aryl methyl sites for hydroxylation is 2. The first-order valence-corrected chi connectivity index (χ1v) is 7.51. The van der Waals surface area contributed by atoms with Crippen LogP contribution in [0.15, 0.2) is 53.1 Å². The van der Waals surface area contributed by atoms with Crippen LogP contribution in [0.4, 0.5) is 5.69 Å². The Morgan fingerprint density at radius 2 is 1.91 bits per heavy atom. The lowest BCUT2D eigenvalue weighted by Crippen LogP contribution is -2.12. The van der Waals surface area contributed by atoms with Gasteiger partial charge in [0.1, 0.15) is 0 Å². The van der Waals surface area contributed by atoms with Crippen LogP contribution in [0.3, 0.4) is 0 Å². The second-order valence-electron chi connectivity index (χ2n) is 5.42. The van der Waals surface area contributed by atoms with Crippen LogP contribution in [0, 0.1) is 13.8 Å². The van der Waals surface area contributed by atoms with E-state index in [1.165, 1.54) is 0 Å². The molecule has 0 aliphatic carbocycles. The third-order valence-electron chi connectivity index (χ3n) is 3.35. The van der Waals surface area contributed by atoms with E-state index in [1.807, 2.05) is 50.2 Å². The van der Waals surface area contributed by atoms with Crippen LogP contribution >= 0.6 is 11.6 Å². The molecule has 0 saturated carbocycles. The van der Waals surface area contributed by atoms with Crippen LogP contribution in [-0.2, 0) is 0 Å². The van der Waals surface area contributed by atoms with Gasteiger partial charge in [0.15, 0.2) is 11.5 Å². The highest BCUT2D eigenvalue weighted by Crippen LogP contribution is 2.23. The Labute approximate surface area is 139 Å². The summed E-state index contributed by atoms with van der Waals surface area (Å²) in [6.45, 7) is 3.91. The Kier molecular flexibility index (Phi) is 4.17. The molecule has 116 valence electrons. The highest BCUT2D eigenvalue weighted by Gasteiger charge is 2.14. The molecular weight excluding hydrogens is 312 g/mol. The Hall–Kier alpha value is -2.59. The molecule has 5 heteroatoms. The molecule has 0 aliphatic heterocycles. The molecule has 0 bridgehead atoms. The number of rotatable bonds is 3. The fourth-order valence-electron chi connectivity index (χ4n) is 2.32. The zero-order chi connectivity index (χ0) is 16.4. The van der Waals surface area contributed by atoms with Crippen molar-refractivity contribution in [3.05, 3.63) is 70.4 Å². The molecule has 0 saturated heterocycles. The molecule has 2 aromatic carbocycles. The van der Waals surface area contributed by atoms with Crippen LogP contribution in [0.25, 0.3) is 11.3 Å². The molecule has 0 fully saturated rings. The molecule has 0 radical (unpaired) electrons. The number of carbonyl (C=O) groups is 1. The normalized spacial score (nSPS) is 10.6. The minimum Gasteiger partial charge on any atom is -0.355 e. The van der Waals surface area contributed by atoms with Gasteiger partial charge in [0.05, 0.1) is 0 Å². The largest absolute Gasteiger partial charge is 0.355 e. The van der Waals surface area contributed by atoms with Crippen LogP contribution in [0.5, 0.6) is 0 Å². The van der Waals surface area contributed by atoms with Gasteiger partial charge in [-0.2, -0.15) is 0 Å². The maximum absolute atomic E-state index is 12.3. The van der Waals surface area contributed by atoms with Crippen LogP contribution in [0.2, 0.25) is 5.02 Å². The van der Waals surface area contributed by atoms with Gasteiger partial charge in [0, 0.05) is 22.3 Å². The summed E-state index contributed by atoms with van der Waals surface area (Å²) in [5.74, 6) is 0.218. The maximum atomic E-state index is 12.3. The van der Waals surface area contributed by atoms with E-state index in [9.17, 15) is 4.79 Å². The summed E-state index contributed by atoms with van der Waals surface area (Å²) in [5, 5.41) is 7.18. The van der Waals surface area contributed by atoms with Gasteiger partial charge in [-0.3, -0.25) is 4.79 Å². The van der Waals surface area contributed by atoms with Crippen LogP contribution < -0.4 is 5.32 Å². The number of halogens is 1. The highest BCUT2D eigenvalue weighted by molar-refractivity contribution is 6.31. The number of anilines is 1. The number of hydrogen-bond acceptors (Lipinski definition) is 3. The van der Waals surface area contributed by atoms with Gasteiger partial charge in [-0.15, -0.1) is 0 Å². The summed E-state index contributed by atoms with van der Waals surface area (Å²) < 4.78 is 5.28. The van der Waals surface area contributed by atoms with E-state index in [2.05, 4.69) is 10.5 Å². The van der Waals surface area contributed by atoms with E-state index < -0.39 is 0 Å². The standard InChI is InChI=1S/C18H15ClN2O2/c1-11-4-3-5-13(6-11)17-10-16(21-23-17)18(22)20-15-8-12(2)7-14(19)9-15/h3-10H,1-2H3,(H,20,22). The average Bonchev–Trinajstić information content (AvgIpc) is 2.96. The van der Waals surface area contributed by atoms with Crippen LogP contribution in [-0.4, -0.2) is 11.1 Å². The third-order valence-corrected chi connectivity index (χ3v) is 3.56. The van der Waals surface area contributed by atoms with Crippen molar-refractivity contribution in [1.29, 1.82) is 0 Å². The van der Waals surface area contributed by atoms with Crippen molar-refractivity contribution in [2.24, 2.45) is 0 Å². The fourth-order valence-corrected chi connectivity index (χ4v) is 2.61. The van der Waals surface area contributed by atoms with Crippen molar-refractivity contribution in [2.45, 2.75) is 13.8 Å². The summed E-state index contributed by atoms with van der Waals surface area (Å²) in [4.78, 5) is 12.3. The van der Waals surface area contributed by atoms with E-state index in [0.717, 1.165) is 16.7 Å². The zero-order valence-electron chi connectivity index (χ0n) is 12.8. The first-order valence-electron chi connectivity index (χ1n) is 7.13. The fraction of sp³-hybridized carbons (Fsp3) is 0.111. The van der Waals surface area contributed by atoms with Gasteiger partial charge in [-0.05, 0) is 43.7 Å². The Morgan fingerprint density at radius 3 is 2.65 bits per heavy atom. The van der Waals surface area contributed by atoms with Gasteiger partial charge < -0.3 is 9.84 Å². The van der Waals surface area contributed by atoms with Gasteiger partial charge in [-0.1, -0.05) is 40.5 Å². The number of carbonyl (C=O) groups excluding carboxylic acids is 1. The van der Waals surface area contributed by atoms with E-state index in [1.54, 1.807) is 12.1 Å². The van der Waals surface area contributed by atoms with Crippen molar-refractivity contribution in [2.75, 3.05) is 5.32 Å². The quantitative estimate of drug-likeness (QED) is 0.747. The third kappa shape index (κ3) is 3.60. The molecule has 0 spiro atoms. The van der Waals surface area contributed by atoms with Crippen molar-refractivity contribution >= 4 is 23.2 Å². The first-order chi connectivity index (χ1) is 11.0. The molecule has 4 nitrogen and oxygen atoms in total. The van der Waals surface area contributed by atoms with Gasteiger partial charge in [-0.25, -0.2) is 0 Å². The molecule has 0 atom stereocenters. The van der Waals surface area contributed by atoms with Crippen LogP contribution in [0.1, 0.15) is 21.6 Å². The highest BCUT2D eigenvalue weighted by atomic mass is 35.5. The predicted molar refractivity (Wildman–Crippen MR) is 90.8 cm³/mol. The molecule has 23 heavy (non-hydrogen) atoms. The number of aromatic nitrogens is 1. The smallest absolute Gasteiger partial charge is 0.277 e. The summed E-state index contributed by atoms with van der Waals surface area (Å²) in [6.07, 6.45) is 0. The zero-order valence-corrected chi connectivity index (χ0v) is 13.5. The molecule has 1 N–H and O–H groups in total. The molecule has 1 amide bonds. The van der Waals surface area contributed by atoms with Crippen molar-refractivity contribution in [1.82, 2.24) is 5.16 Å². The predicted octanol–water partition coefficient (Wildman–Crippen LogP) is 4.86. The molecular formula is C18H15ClN2O2. The van der Waals surface area contributed by atoms with Gasteiger partial charge in [0.25, 0.3) is 5.91 Å². The number of hydrogen-bond donors (Lipinski definition) is 1. The Bertz CT molecular complexity index is 851. The Morgan fingerprint density at radius 1 is 1.09 bits per heavy atom. The number of amides is 1. The summed E-state index contributed by atoms with van der Waals surface area (Å²) in [7, 11) is 0. The molecule has 0 unspecified atom stereocenters. The number of benzene rings is 2. The molecule has 3 rings (SSSR count).